The van der Waals surface area contributed by atoms with E-state index in [-0.39, 0.29) is 0 Å². The third-order valence-corrected chi connectivity index (χ3v) is 3.95. The molecular formula is C15H24N2. The molecule has 2 heteroatoms. The molecule has 0 aromatic carbocycles. The minimum atomic E-state index is 0.291. The molecule has 0 saturated heterocycles. The van der Waals surface area contributed by atoms with Crippen molar-refractivity contribution in [3.8, 4) is 6.07 Å². The van der Waals surface area contributed by atoms with E-state index in [0.29, 0.717) is 11.8 Å². The van der Waals surface area contributed by atoms with Crippen LogP contribution in [0.3, 0.4) is 0 Å². The lowest BCUT2D eigenvalue weighted by Gasteiger charge is -2.26. The second-order valence-electron chi connectivity index (χ2n) is 5.24. The first kappa shape index (κ1) is 13.8. The van der Waals surface area contributed by atoms with Crippen molar-refractivity contribution >= 4 is 0 Å². The zero-order chi connectivity index (χ0) is 13.0. The summed E-state index contributed by atoms with van der Waals surface area (Å²) in [5.74, 6) is 0.764. The van der Waals surface area contributed by atoms with Crippen molar-refractivity contribution in [1.29, 1.82) is 5.26 Å². The molecule has 0 spiro atoms. The number of rotatable bonds is 3. The summed E-state index contributed by atoms with van der Waals surface area (Å²) >= 11 is 0. The van der Waals surface area contributed by atoms with Crippen molar-refractivity contribution < 1.29 is 0 Å². The summed E-state index contributed by atoms with van der Waals surface area (Å²) in [4.78, 5) is 0. The van der Waals surface area contributed by atoms with E-state index in [0.717, 1.165) is 24.1 Å². The molecule has 2 nitrogen and oxygen atoms in total. The lowest BCUT2D eigenvalue weighted by molar-refractivity contribution is 0.538. The minimum absolute atomic E-state index is 0.291. The summed E-state index contributed by atoms with van der Waals surface area (Å²) in [6.07, 6.45) is 4.50. The van der Waals surface area contributed by atoms with E-state index in [4.69, 9.17) is 5.73 Å². The maximum absolute atomic E-state index is 9.41. The Bertz CT molecular complexity index is 382. The Morgan fingerprint density at radius 3 is 2.71 bits per heavy atom. The Hall–Kier alpha value is -1.23. The van der Waals surface area contributed by atoms with Gasteiger partial charge in [-0.1, -0.05) is 26.3 Å². The van der Waals surface area contributed by atoms with Gasteiger partial charge in [-0.15, -0.1) is 0 Å². The van der Waals surface area contributed by atoms with E-state index in [1.807, 2.05) is 0 Å². The highest BCUT2D eigenvalue weighted by Crippen LogP contribution is 2.35. The Balaban J connectivity index is 3.23. The third kappa shape index (κ3) is 2.91. The summed E-state index contributed by atoms with van der Waals surface area (Å²) in [7, 11) is 0. The standard InChI is InChI=1S/C15H24N2/c1-5-10(2)15(17)13(9-16)14-11(3)7-6-8-12(14)4/h10-11H,5-8,17H2,1-4H3/b15-13+. The van der Waals surface area contributed by atoms with Gasteiger partial charge in [-0.2, -0.15) is 5.26 Å². The van der Waals surface area contributed by atoms with Gasteiger partial charge in [0.2, 0.25) is 0 Å². The van der Waals surface area contributed by atoms with E-state index in [1.165, 1.54) is 24.0 Å². The van der Waals surface area contributed by atoms with Crippen LogP contribution < -0.4 is 5.73 Å². The molecule has 0 amide bonds. The molecule has 0 saturated carbocycles. The van der Waals surface area contributed by atoms with Crippen molar-refractivity contribution in [3.63, 3.8) is 0 Å². The molecule has 0 aromatic rings. The third-order valence-electron chi connectivity index (χ3n) is 3.95. The molecule has 1 rings (SSSR count). The summed E-state index contributed by atoms with van der Waals surface area (Å²) < 4.78 is 0. The second-order valence-corrected chi connectivity index (χ2v) is 5.24. The van der Waals surface area contributed by atoms with Gasteiger partial charge < -0.3 is 5.73 Å². The van der Waals surface area contributed by atoms with Gasteiger partial charge in [-0.3, -0.25) is 0 Å². The summed E-state index contributed by atoms with van der Waals surface area (Å²) in [6.45, 7) is 8.56. The van der Waals surface area contributed by atoms with E-state index >= 15 is 0 Å². The molecule has 2 unspecified atom stereocenters. The van der Waals surface area contributed by atoms with Gasteiger partial charge in [0, 0.05) is 5.70 Å². The highest BCUT2D eigenvalue weighted by molar-refractivity contribution is 5.49. The number of hydrogen-bond acceptors (Lipinski definition) is 2. The fourth-order valence-electron chi connectivity index (χ4n) is 2.58. The molecule has 2 atom stereocenters. The molecule has 1 aliphatic carbocycles. The number of nitriles is 1. The molecule has 0 heterocycles. The van der Waals surface area contributed by atoms with Crippen LogP contribution in [0.1, 0.15) is 53.4 Å². The highest BCUT2D eigenvalue weighted by Gasteiger charge is 2.23. The Kier molecular flexibility index (Phi) is 4.81. The second kappa shape index (κ2) is 5.91. The summed E-state index contributed by atoms with van der Waals surface area (Å²) in [5.41, 5.74) is 10.3. The molecule has 0 aromatic heterocycles. The van der Waals surface area contributed by atoms with Crippen LogP contribution >= 0.6 is 0 Å². The van der Waals surface area contributed by atoms with Gasteiger partial charge in [0.25, 0.3) is 0 Å². The predicted molar refractivity (Wildman–Crippen MR) is 72.0 cm³/mol. The first-order valence-electron chi connectivity index (χ1n) is 6.62. The van der Waals surface area contributed by atoms with Gasteiger partial charge >= 0.3 is 0 Å². The number of hydrogen-bond donors (Lipinski definition) is 1. The van der Waals surface area contributed by atoms with Crippen LogP contribution in [0.2, 0.25) is 0 Å². The normalized spacial score (nSPS) is 24.1. The predicted octanol–water partition coefficient (Wildman–Crippen LogP) is 3.91. The van der Waals surface area contributed by atoms with Gasteiger partial charge in [0.15, 0.2) is 0 Å². The van der Waals surface area contributed by atoms with Crippen LogP contribution in [0.5, 0.6) is 0 Å². The molecule has 94 valence electrons. The lowest BCUT2D eigenvalue weighted by atomic mass is 9.79. The Labute approximate surface area is 105 Å². The van der Waals surface area contributed by atoms with Gasteiger partial charge in [0.1, 0.15) is 6.07 Å². The summed E-state index contributed by atoms with van der Waals surface area (Å²) in [5, 5.41) is 9.41. The zero-order valence-corrected chi connectivity index (χ0v) is 11.5. The molecule has 0 fully saturated rings. The number of allylic oxidation sites excluding steroid dienone is 4. The minimum Gasteiger partial charge on any atom is -0.401 e. The maximum Gasteiger partial charge on any atom is 0.101 e. The topological polar surface area (TPSA) is 49.8 Å². The van der Waals surface area contributed by atoms with Crippen LogP contribution in [0.25, 0.3) is 0 Å². The smallest absolute Gasteiger partial charge is 0.101 e. The molecule has 17 heavy (non-hydrogen) atoms. The van der Waals surface area contributed by atoms with Crippen molar-refractivity contribution in [2.45, 2.75) is 53.4 Å². The van der Waals surface area contributed by atoms with Crippen LogP contribution in [0, 0.1) is 23.2 Å². The van der Waals surface area contributed by atoms with Gasteiger partial charge in [-0.05, 0) is 50.0 Å². The first-order valence-corrected chi connectivity index (χ1v) is 6.62. The molecular weight excluding hydrogens is 208 g/mol. The number of nitrogens with two attached hydrogens (primary N) is 1. The average molecular weight is 232 g/mol. The van der Waals surface area contributed by atoms with Crippen LogP contribution in [-0.2, 0) is 0 Å². The van der Waals surface area contributed by atoms with Crippen LogP contribution in [-0.4, -0.2) is 0 Å². The largest absolute Gasteiger partial charge is 0.401 e. The van der Waals surface area contributed by atoms with E-state index in [1.54, 1.807) is 0 Å². The average Bonchev–Trinajstić information content (AvgIpc) is 2.32. The molecule has 0 bridgehead atoms. The van der Waals surface area contributed by atoms with Crippen LogP contribution in [0.4, 0.5) is 0 Å². The van der Waals surface area contributed by atoms with Crippen molar-refractivity contribution in [3.05, 3.63) is 22.4 Å². The van der Waals surface area contributed by atoms with E-state index < -0.39 is 0 Å². The monoisotopic (exact) mass is 232 g/mol. The molecule has 2 N–H and O–H groups in total. The van der Waals surface area contributed by atoms with Gasteiger partial charge in [0.05, 0.1) is 5.57 Å². The number of nitrogens with zero attached hydrogens (tertiary/aromatic N) is 1. The zero-order valence-electron chi connectivity index (χ0n) is 11.5. The SMILES string of the molecule is CCC(C)/C(N)=C(/C#N)C1=C(C)CCCC1C. The first-order chi connectivity index (χ1) is 8.02. The van der Waals surface area contributed by atoms with Crippen molar-refractivity contribution in [2.24, 2.45) is 17.6 Å². The van der Waals surface area contributed by atoms with Crippen molar-refractivity contribution in [2.75, 3.05) is 0 Å². The molecule has 0 radical (unpaired) electrons. The Morgan fingerprint density at radius 2 is 2.24 bits per heavy atom. The van der Waals surface area contributed by atoms with E-state index in [2.05, 4.69) is 33.8 Å². The highest BCUT2D eigenvalue weighted by atomic mass is 14.6. The summed E-state index contributed by atoms with van der Waals surface area (Å²) in [6, 6.07) is 2.34. The van der Waals surface area contributed by atoms with Gasteiger partial charge in [-0.25, -0.2) is 0 Å². The van der Waals surface area contributed by atoms with Crippen molar-refractivity contribution in [1.82, 2.24) is 0 Å². The van der Waals surface area contributed by atoms with E-state index in [9.17, 15) is 5.26 Å². The lowest BCUT2D eigenvalue weighted by Crippen LogP contribution is -2.17. The fourth-order valence-corrected chi connectivity index (χ4v) is 2.58. The Morgan fingerprint density at radius 1 is 1.59 bits per heavy atom. The van der Waals surface area contributed by atoms with Crippen LogP contribution in [0.15, 0.2) is 22.4 Å². The fraction of sp³-hybridized carbons (Fsp3) is 0.667. The quantitative estimate of drug-likeness (QED) is 0.750. The molecule has 1 aliphatic rings. The molecule has 0 aliphatic heterocycles. The maximum atomic E-state index is 9.41.